The maximum Gasteiger partial charge on any atom is 0.266 e. The maximum absolute atomic E-state index is 12.4. The molecule has 3 aromatic rings. The highest BCUT2D eigenvalue weighted by Crippen LogP contribution is 2.34. The van der Waals surface area contributed by atoms with Crippen LogP contribution in [0.3, 0.4) is 0 Å². The average Bonchev–Trinajstić information content (AvgIpc) is 3.13. The number of benzene rings is 2. The van der Waals surface area contributed by atoms with Crippen molar-refractivity contribution in [2.24, 2.45) is 0 Å². The molecule has 0 unspecified atom stereocenters. The Morgan fingerprint density at radius 1 is 1.15 bits per heavy atom. The average molecular weight is 344 g/mol. The maximum atomic E-state index is 12.4. The van der Waals surface area contributed by atoms with E-state index in [0.29, 0.717) is 28.4 Å². The molecule has 0 aliphatic carbocycles. The summed E-state index contributed by atoms with van der Waals surface area (Å²) in [5.41, 5.74) is 2.29. The zero-order valence-corrected chi connectivity index (χ0v) is 13.5. The Kier molecular flexibility index (Phi) is 3.92. The minimum absolute atomic E-state index is 0.0766. The van der Waals surface area contributed by atoms with Crippen molar-refractivity contribution in [3.8, 4) is 17.6 Å². The summed E-state index contributed by atoms with van der Waals surface area (Å²) < 4.78 is 10.5. The number of hydrogen-bond acceptors (Lipinski definition) is 6. The van der Waals surface area contributed by atoms with Crippen molar-refractivity contribution in [3.05, 3.63) is 59.9 Å². The molecule has 0 fully saturated rings. The van der Waals surface area contributed by atoms with Crippen LogP contribution < -0.4 is 14.8 Å². The number of carbonyl (C=O) groups is 1. The van der Waals surface area contributed by atoms with E-state index in [1.165, 1.54) is 12.3 Å². The summed E-state index contributed by atoms with van der Waals surface area (Å²) >= 11 is 0. The number of fused-ring (bicyclic) bond motifs is 2. The number of amides is 1. The quantitative estimate of drug-likeness (QED) is 0.579. The number of rotatable bonds is 3. The highest BCUT2D eigenvalue weighted by molar-refractivity contribution is 6.09. The van der Waals surface area contributed by atoms with Gasteiger partial charge in [0.25, 0.3) is 5.91 Å². The molecule has 126 valence electrons. The van der Waals surface area contributed by atoms with Crippen LogP contribution in [0.15, 0.2) is 54.2 Å². The van der Waals surface area contributed by atoms with Crippen molar-refractivity contribution >= 4 is 28.7 Å². The zero-order chi connectivity index (χ0) is 17.9. The lowest BCUT2D eigenvalue weighted by atomic mass is 10.2. The molecule has 4 rings (SSSR count). The van der Waals surface area contributed by atoms with Gasteiger partial charge in [-0.2, -0.15) is 5.26 Å². The van der Waals surface area contributed by atoms with Crippen LogP contribution in [0.2, 0.25) is 0 Å². The summed E-state index contributed by atoms with van der Waals surface area (Å²) in [6.45, 7) is 0.150. The molecule has 7 heteroatoms. The third-order valence-electron chi connectivity index (χ3n) is 3.75. The van der Waals surface area contributed by atoms with Crippen LogP contribution in [0.1, 0.15) is 5.69 Å². The van der Waals surface area contributed by atoms with Crippen LogP contribution >= 0.6 is 0 Å². The van der Waals surface area contributed by atoms with E-state index in [9.17, 15) is 10.1 Å². The second-order valence-electron chi connectivity index (χ2n) is 5.48. The van der Waals surface area contributed by atoms with E-state index in [-0.39, 0.29) is 12.4 Å². The lowest BCUT2D eigenvalue weighted by Gasteiger charge is -2.05. The first-order valence-electron chi connectivity index (χ1n) is 7.77. The summed E-state index contributed by atoms with van der Waals surface area (Å²) in [7, 11) is 0. The van der Waals surface area contributed by atoms with Crippen molar-refractivity contribution in [1.29, 1.82) is 5.26 Å². The van der Waals surface area contributed by atoms with Crippen LogP contribution in [0.4, 0.5) is 5.69 Å². The predicted octanol–water partition coefficient (Wildman–Crippen LogP) is 2.90. The second-order valence-corrected chi connectivity index (χ2v) is 5.48. The monoisotopic (exact) mass is 344 g/mol. The molecule has 0 radical (unpaired) electrons. The Balaban J connectivity index is 1.58. The van der Waals surface area contributed by atoms with E-state index in [2.05, 4.69) is 15.3 Å². The van der Waals surface area contributed by atoms with Gasteiger partial charge in [-0.15, -0.1) is 0 Å². The largest absolute Gasteiger partial charge is 0.454 e. The minimum atomic E-state index is -0.540. The summed E-state index contributed by atoms with van der Waals surface area (Å²) in [5.74, 6) is 0.623. The van der Waals surface area contributed by atoms with Crippen molar-refractivity contribution < 1.29 is 14.3 Å². The van der Waals surface area contributed by atoms with Crippen LogP contribution in [0.25, 0.3) is 17.1 Å². The normalized spacial score (nSPS) is 12.7. The zero-order valence-electron chi connectivity index (χ0n) is 13.5. The predicted molar refractivity (Wildman–Crippen MR) is 94.3 cm³/mol. The van der Waals surface area contributed by atoms with E-state index < -0.39 is 5.91 Å². The Hall–Kier alpha value is -3.92. The van der Waals surface area contributed by atoms with Crippen LogP contribution in [0, 0.1) is 11.3 Å². The summed E-state index contributed by atoms with van der Waals surface area (Å²) in [4.78, 5) is 21.1. The number of nitrogens with one attached hydrogen (secondary N) is 1. The lowest BCUT2D eigenvalue weighted by molar-refractivity contribution is -0.112. The molecule has 1 aliphatic rings. The summed E-state index contributed by atoms with van der Waals surface area (Å²) in [5, 5.41) is 12.0. The minimum Gasteiger partial charge on any atom is -0.454 e. The number of anilines is 1. The van der Waals surface area contributed by atoms with Crippen LogP contribution in [0.5, 0.6) is 11.5 Å². The van der Waals surface area contributed by atoms with Crippen molar-refractivity contribution in [3.63, 3.8) is 0 Å². The molecule has 2 aromatic carbocycles. The fraction of sp³-hybridized carbons (Fsp3) is 0.0526. The highest BCUT2D eigenvalue weighted by atomic mass is 16.7. The molecule has 7 nitrogen and oxygen atoms in total. The molecular weight excluding hydrogens is 332 g/mol. The van der Waals surface area contributed by atoms with Gasteiger partial charge in [-0.1, -0.05) is 12.1 Å². The molecule has 0 spiro atoms. The number of nitriles is 1. The Morgan fingerprint density at radius 2 is 1.96 bits per heavy atom. The Labute approximate surface area is 148 Å². The standard InChI is InChI=1S/C19H12N4O3/c20-9-12(7-14-10-21-15-3-1-2-4-16(15)22-14)19(24)23-13-5-6-17-18(8-13)26-11-25-17/h1-8,10H,11H2,(H,23,24)/b12-7+. The van der Waals surface area contributed by atoms with Crippen molar-refractivity contribution in [1.82, 2.24) is 9.97 Å². The number of para-hydroxylation sites is 2. The third-order valence-corrected chi connectivity index (χ3v) is 3.75. The topological polar surface area (TPSA) is 97.1 Å². The van der Waals surface area contributed by atoms with E-state index >= 15 is 0 Å². The van der Waals surface area contributed by atoms with Gasteiger partial charge in [0, 0.05) is 11.8 Å². The van der Waals surface area contributed by atoms with Gasteiger partial charge in [-0.25, -0.2) is 4.98 Å². The SMILES string of the molecule is N#C/C(=C\c1cnc2ccccc2n1)C(=O)Nc1ccc2c(c1)OCO2. The van der Waals surface area contributed by atoms with Gasteiger partial charge in [0.1, 0.15) is 11.6 Å². The highest BCUT2D eigenvalue weighted by Gasteiger charge is 2.15. The molecular formula is C19H12N4O3. The van der Waals surface area contributed by atoms with Gasteiger partial charge in [-0.3, -0.25) is 9.78 Å². The molecule has 1 aliphatic heterocycles. The number of aromatic nitrogens is 2. The van der Waals surface area contributed by atoms with Gasteiger partial charge in [0.15, 0.2) is 11.5 Å². The first kappa shape index (κ1) is 15.6. The lowest BCUT2D eigenvalue weighted by Crippen LogP contribution is -2.13. The fourth-order valence-corrected chi connectivity index (χ4v) is 2.51. The summed E-state index contributed by atoms with van der Waals surface area (Å²) in [6.07, 6.45) is 2.93. The number of nitrogens with zero attached hydrogens (tertiary/aromatic N) is 3. The molecule has 1 amide bonds. The molecule has 2 heterocycles. The van der Waals surface area contributed by atoms with E-state index in [4.69, 9.17) is 9.47 Å². The first-order valence-corrected chi connectivity index (χ1v) is 7.77. The molecule has 0 saturated heterocycles. The van der Waals surface area contributed by atoms with Gasteiger partial charge in [0.2, 0.25) is 6.79 Å². The summed E-state index contributed by atoms with van der Waals surface area (Å²) in [6, 6.07) is 14.3. The van der Waals surface area contributed by atoms with Crippen LogP contribution in [-0.4, -0.2) is 22.7 Å². The van der Waals surface area contributed by atoms with Crippen LogP contribution in [-0.2, 0) is 4.79 Å². The first-order chi connectivity index (χ1) is 12.7. The second kappa shape index (κ2) is 6.53. The third kappa shape index (κ3) is 3.03. The molecule has 26 heavy (non-hydrogen) atoms. The fourth-order valence-electron chi connectivity index (χ4n) is 2.51. The molecule has 1 N–H and O–H groups in total. The van der Waals surface area contributed by atoms with E-state index in [1.807, 2.05) is 30.3 Å². The van der Waals surface area contributed by atoms with Crippen molar-refractivity contribution in [2.45, 2.75) is 0 Å². The molecule has 0 saturated carbocycles. The van der Waals surface area contributed by atoms with Gasteiger partial charge in [-0.05, 0) is 30.3 Å². The Bertz CT molecular complexity index is 1090. The number of ether oxygens (including phenoxy) is 2. The number of hydrogen-bond donors (Lipinski definition) is 1. The smallest absolute Gasteiger partial charge is 0.266 e. The number of carbonyl (C=O) groups excluding carboxylic acids is 1. The van der Waals surface area contributed by atoms with Gasteiger partial charge in [0.05, 0.1) is 22.9 Å². The molecule has 0 atom stereocenters. The van der Waals surface area contributed by atoms with Gasteiger partial charge < -0.3 is 14.8 Å². The van der Waals surface area contributed by atoms with E-state index in [0.717, 1.165) is 5.52 Å². The van der Waals surface area contributed by atoms with Gasteiger partial charge >= 0.3 is 0 Å². The Morgan fingerprint density at radius 3 is 2.81 bits per heavy atom. The molecule has 1 aromatic heterocycles. The van der Waals surface area contributed by atoms with Crippen molar-refractivity contribution in [2.75, 3.05) is 12.1 Å². The molecule has 0 bridgehead atoms. The van der Waals surface area contributed by atoms with E-state index in [1.54, 1.807) is 18.2 Å².